The quantitative estimate of drug-likeness (QED) is 0.312. The number of rotatable bonds is 4. The second kappa shape index (κ2) is 4.54. The highest BCUT2D eigenvalue weighted by Gasteiger charge is 2.07. The summed E-state index contributed by atoms with van der Waals surface area (Å²) in [6.07, 6.45) is 1.10. The van der Waals surface area contributed by atoms with Crippen molar-refractivity contribution in [2.45, 2.75) is 13.5 Å². The van der Waals surface area contributed by atoms with Crippen LogP contribution in [-0.4, -0.2) is 15.9 Å². The first kappa shape index (κ1) is 11.9. The summed E-state index contributed by atoms with van der Waals surface area (Å²) in [4.78, 5) is 24.0. The number of phosphoric acid groups is 1. The van der Waals surface area contributed by atoms with Crippen molar-refractivity contribution in [2.75, 3.05) is 0 Å². The third-order valence-corrected chi connectivity index (χ3v) is 1.83. The van der Waals surface area contributed by atoms with Crippen LogP contribution < -0.4 is 9.79 Å². The first-order valence-electron chi connectivity index (χ1n) is 3.72. The summed E-state index contributed by atoms with van der Waals surface area (Å²) < 4.78 is 18.9. The van der Waals surface area contributed by atoms with Gasteiger partial charge in [0, 0.05) is 0 Å². The van der Waals surface area contributed by atoms with Crippen molar-refractivity contribution in [3.8, 4) is 0 Å². The number of hydrogen-bond donors (Lipinski definition) is 1. The molecule has 0 aliphatic rings. The van der Waals surface area contributed by atoms with Crippen molar-refractivity contribution in [1.82, 2.24) is 4.98 Å². The van der Waals surface area contributed by atoms with Crippen LogP contribution in [0.4, 0.5) is 0 Å². The maximum Gasteiger partial charge on any atom is 0.244 e. The third kappa shape index (κ3) is 3.80. The number of oxime groups is 1. The van der Waals surface area contributed by atoms with Gasteiger partial charge in [-0.1, -0.05) is 5.16 Å². The van der Waals surface area contributed by atoms with E-state index in [1.807, 2.05) is 0 Å². The van der Waals surface area contributed by atoms with Crippen molar-refractivity contribution in [3.05, 3.63) is 17.8 Å². The van der Waals surface area contributed by atoms with Gasteiger partial charge in [-0.25, -0.2) is 4.98 Å². The number of hydrogen-bond acceptors (Lipinski definition) is 8. The van der Waals surface area contributed by atoms with Crippen LogP contribution >= 0.6 is 7.82 Å². The molecule has 84 valence electrons. The van der Waals surface area contributed by atoms with E-state index in [9.17, 15) is 14.4 Å². The molecule has 1 aromatic rings. The van der Waals surface area contributed by atoms with Crippen LogP contribution in [0, 0.1) is 0 Å². The zero-order valence-corrected chi connectivity index (χ0v) is 8.51. The van der Waals surface area contributed by atoms with Crippen LogP contribution in [0.2, 0.25) is 0 Å². The molecule has 0 saturated carbocycles. The van der Waals surface area contributed by atoms with Gasteiger partial charge < -0.3 is 28.5 Å². The van der Waals surface area contributed by atoms with E-state index in [0.29, 0.717) is 0 Å². The van der Waals surface area contributed by atoms with E-state index < -0.39 is 14.4 Å². The van der Waals surface area contributed by atoms with Crippen LogP contribution in [0.15, 0.2) is 15.8 Å². The summed E-state index contributed by atoms with van der Waals surface area (Å²) in [6, 6.07) is 0. The van der Waals surface area contributed by atoms with Crippen LogP contribution in [-0.2, 0) is 15.7 Å². The maximum absolute atomic E-state index is 10.1. The minimum absolute atomic E-state index is 0.0164. The van der Waals surface area contributed by atoms with Gasteiger partial charge >= 0.3 is 0 Å². The Morgan fingerprint density at radius 2 is 2.47 bits per heavy atom. The Morgan fingerprint density at radius 1 is 1.80 bits per heavy atom. The normalized spacial score (nSPS) is 13.1. The molecule has 0 atom stereocenters. The minimum Gasteiger partial charge on any atom is -0.790 e. The molecule has 0 radical (unpaired) electrons. The molecule has 1 rings (SSSR count). The highest BCUT2D eigenvalue weighted by atomic mass is 31.2. The average molecular weight is 234 g/mol. The topological polar surface area (TPSA) is 131 Å². The number of nitrogens with zero attached hydrogens (tertiary/aromatic N) is 2. The molecule has 1 aromatic heterocycles. The van der Waals surface area contributed by atoms with Crippen LogP contribution in [0.5, 0.6) is 0 Å². The second-order valence-electron chi connectivity index (χ2n) is 2.55. The fraction of sp³-hybridized carbons (Fsp3) is 0.333. The number of aromatic nitrogens is 1. The Balaban J connectivity index is 2.65. The molecule has 1 N–H and O–H groups in total. The molecule has 0 amide bonds. The summed E-state index contributed by atoms with van der Waals surface area (Å²) in [5, 5.41) is 11.2. The maximum atomic E-state index is 10.1. The van der Waals surface area contributed by atoms with Crippen molar-refractivity contribution >= 4 is 13.5 Å². The molecule has 8 nitrogen and oxygen atoms in total. The SMILES string of the molecule is C/C(=N\O)c1nc(COP(=O)([O-])[O-])co1. The van der Waals surface area contributed by atoms with E-state index in [2.05, 4.69) is 14.7 Å². The first-order valence-corrected chi connectivity index (χ1v) is 5.18. The molecule has 0 saturated heterocycles. The Morgan fingerprint density at radius 3 is 3.00 bits per heavy atom. The number of oxazole rings is 1. The molecular formula is C6H7N2O6P-2. The molecule has 15 heavy (non-hydrogen) atoms. The molecule has 0 spiro atoms. The minimum atomic E-state index is -5.01. The van der Waals surface area contributed by atoms with Gasteiger partial charge in [0.1, 0.15) is 17.7 Å². The Bertz CT molecular complexity index is 408. The molecule has 0 fully saturated rings. The largest absolute Gasteiger partial charge is 0.790 e. The second-order valence-corrected chi connectivity index (χ2v) is 3.70. The van der Waals surface area contributed by atoms with Crippen LogP contribution in [0.3, 0.4) is 0 Å². The van der Waals surface area contributed by atoms with E-state index in [4.69, 9.17) is 9.62 Å². The van der Waals surface area contributed by atoms with Crippen LogP contribution in [0.1, 0.15) is 18.5 Å². The van der Waals surface area contributed by atoms with E-state index in [-0.39, 0.29) is 17.3 Å². The number of phosphoric ester groups is 1. The van der Waals surface area contributed by atoms with E-state index >= 15 is 0 Å². The van der Waals surface area contributed by atoms with E-state index in [1.165, 1.54) is 6.92 Å². The lowest BCUT2D eigenvalue weighted by molar-refractivity contribution is -0.342. The van der Waals surface area contributed by atoms with E-state index in [0.717, 1.165) is 6.26 Å². The van der Waals surface area contributed by atoms with Gasteiger partial charge in [-0.15, -0.1) is 0 Å². The molecule has 1 heterocycles. The van der Waals surface area contributed by atoms with Gasteiger partial charge in [0.15, 0.2) is 0 Å². The summed E-state index contributed by atoms with van der Waals surface area (Å²) in [7, 11) is -5.01. The Labute approximate surface area is 84.4 Å². The lowest BCUT2D eigenvalue weighted by Crippen LogP contribution is -2.16. The first-order chi connectivity index (χ1) is 6.92. The fourth-order valence-electron chi connectivity index (χ4n) is 0.727. The molecule has 0 aromatic carbocycles. The van der Waals surface area contributed by atoms with Crippen molar-refractivity contribution in [1.29, 1.82) is 0 Å². The standard InChI is InChI=1S/C6H9N2O6P/c1-4(8-9)6-7-5(2-13-6)3-14-15(10,11)12/h2,9H,3H2,1H3,(H2,10,11,12)/p-2/b8-4+. The summed E-state index contributed by atoms with van der Waals surface area (Å²) in [5.41, 5.74) is 0.230. The van der Waals surface area contributed by atoms with Gasteiger partial charge in [0.05, 0.1) is 14.4 Å². The Kier molecular flexibility index (Phi) is 3.59. The lowest BCUT2D eigenvalue weighted by Gasteiger charge is -2.27. The zero-order valence-electron chi connectivity index (χ0n) is 7.61. The average Bonchev–Trinajstić information content (AvgIpc) is 2.61. The third-order valence-electron chi connectivity index (χ3n) is 1.38. The van der Waals surface area contributed by atoms with Gasteiger partial charge in [-0.3, -0.25) is 0 Å². The van der Waals surface area contributed by atoms with Gasteiger partial charge in [0.2, 0.25) is 5.89 Å². The molecule has 9 heteroatoms. The van der Waals surface area contributed by atoms with Crippen molar-refractivity contribution < 1.29 is 28.5 Å². The molecule has 0 aliphatic carbocycles. The lowest BCUT2D eigenvalue weighted by atomic mass is 10.4. The van der Waals surface area contributed by atoms with Gasteiger partial charge in [-0.2, -0.15) is 0 Å². The highest BCUT2D eigenvalue weighted by Crippen LogP contribution is 2.26. The summed E-state index contributed by atoms with van der Waals surface area (Å²) in [5.74, 6) is 0.0164. The molecule has 0 aliphatic heterocycles. The summed E-state index contributed by atoms with van der Waals surface area (Å²) in [6.45, 7) is 0.926. The van der Waals surface area contributed by atoms with Crippen molar-refractivity contribution in [3.63, 3.8) is 0 Å². The van der Waals surface area contributed by atoms with Gasteiger partial charge in [-0.05, 0) is 6.92 Å². The van der Waals surface area contributed by atoms with Crippen LogP contribution in [0.25, 0.3) is 0 Å². The fourth-order valence-corrected chi connectivity index (χ4v) is 1.02. The van der Waals surface area contributed by atoms with Gasteiger partial charge in [0.25, 0.3) is 0 Å². The molecular weight excluding hydrogens is 227 g/mol. The smallest absolute Gasteiger partial charge is 0.244 e. The predicted octanol–water partition coefficient (Wildman–Crippen LogP) is -0.782. The van der Waals surface area contributed by atoms with Crippen molar-refractivity contribution in [2.24, 2.45) is 5.16 Å². The highest BCUT2D eigenvalue weighted by molar-refractivity contribution is 7.43. The van der Waals surface area contributed by atoms with E-state index in [1.54, 1.807) is 0 Å². The zero-order chi connectivity index (χ0) is 11.5. The molecule has 0 bridgehead atoms. The molecule has 0 unspecified atom stereocenters. The monoisotopic (exact) mass is 234 g/mol. The summed E-state index contributed by atoms with van der Waals surface area (Å²) >= 11 is 0. The Hall–Kier alpha value is -1.21. The predicted molar refractivity (Wildman–Crippen MR) is 42.9 cm³/mol.